The average molecular weight is 229 g/mol. The van der Waals surface area contributed by atoms with Crippen LogP contribution in [0.4, 0.5) is 5.69 Å². The van der Waals surface area contributed by atoms with Gasteiger partial charge in [0.25, 0.3) is 0 Å². The molecule has 0 aliphatic rings. The van der Waals surface area contributed by atoms with Crippen molar-refractivity contribution in [3.05, 3.63) is 36.5 Å². The number of hydrogen-bond acceptors (Lipinski definition) is 4. The van der Waals surface area contributed by atoms with E-state index >= 15 is 0 Å². The summed E-state index contributed by atoms with van der Waals surface area (Å²) >= 11 is 0. The van der Waals surface area contributed by atoms with Crippen molar-refractivity contribution in [2.24, 2.45) is 0 Å². The number of ether oxygens (including phenoxy) is 1. The van der Waals surface area contributed by atoms with E-state index in [-0.39, 0.29) is 0 Å². The van der Waals surface area contributed by atoms with Gasteiger partial charge in [-0.15, -0.1) is 5.10 Å². The maximum Gasteiger partial charge on any atom is 0.118 e. The van der Waals surface area contributed by atoms with Crippen LogP contribution in [0.2, 0.25) is 0 Å². The first kappa shape index (κ1) is 11.4. The van der Waals surface area contributed by atoms with Crippen molar-refractivity contribution in [1.29, 1.82) is 0 Å². The quantitative estimate of drug-likeness (QED) is 0.809. The molecule has 0 bridgehead atoms. The molecule has 1 aromatic carbocycles. The molecule has 1 aromatic heterocycles. The number of aromatic nitrogens is 2. The van der Waals surface area contributed by atoms with E-state index < -0.39 is 0 Å². The van der Waals surface area contributed by atoms with Crippen LogP contribution in [0.5, 0.6) is 5.75 Å². The first-order valence-corrected chi connectivity index (χ1v) is 5.36. The van der Waals surface area contributed by atoms with Crippen molar-refractivity contribution in [2.75, 3.05) is 26.1 Å². The number of hydrogen-bond donors (Lipinski definition) is 0. The van der Waals surface area contributed by atoms with Crippen LogP contribution in [0.15, 0.2) is 36.5 Å². The molecule has 2 rings (SSSR count). The monoisotopic (exact) mass is 229 g/mol. The molecule has 0 spiro atoms. The van der Waals surface area contributed by atoms with Crippen LogP contribution in [0.1, 0.15) is 0 Å². The zero-order valence-electron chi connectivity index (χ0n) is 10.2. The van der Waals surface area contributed by atoms with E-state index in [1.165, 1.54) is 0 Å². The highest BCUT2D eigenvalue weighted by Gasteiger charge is 2.08. The van der Waals surface area contributed by atoms with E-state index in [9.17, 15) is 0 Å². The number of nitrogens with zero attached hydrogens (tertiary/aromatic N) is 3. The van der Waals surface area contributed by atoms with Gasteiger partial charge in [0, 0.05) is 19.7 Å². The molecule has 0 saturated carbocycles. The van der Waals surface area contributed by atoms with Gasteiger partial charge in [0.05, 0.1) is 19.0 Å². The fourth-order valence-corrected chi connectivity index (χ4v) is 1.64. The topological polar surface area (TPSA) is 38.3 Å². The van der Waals surface area contributed by atoms with Gasteiger partial charge < -0.3 is 9.64 Å². The van der Waals surface area contributed by atoms with Gasteiger partial charge in [-0.2, -0.15) is 5.10 Å². The SMILES string of the molecule is COc1ccc(-c2nnccc2N(C)C)cc1. The summed E-state index contributed by atoms with van der Waals surface area (Å²) in [6, 6.07) is 9.76. The summed E-state index contributed by atoms with van der Waals surface area (Å²) in [4.78, 5) is 2.02. The molecule has 17 heavy (non-hydrogen) atoms. The lowest BCUT2D eigenvalue weighted by Crippen LogP contribution is -2.11. The number of benzene rings is 1. The second-order valence-corrected chi connectivity index (χ2v) is 3.89. The summed E-state index contributed by atoms with van der Waals surface area (Å²) in [6.07, 6.45) is 1.70. The first-order valence-electron chi connectivity index (χ1n) is 5.36. The minimum absolute atomic E-state index is 0.837. The van der Waals surface area contributed by atoms with Gasteiger partial charge in [0.1, 0.15) is 11.4 Å². The van der Waals surface area contributed by atoms with Gasteiger partial charge in [0.2, 0.25) is 0 Å². The van der Waals surface area contributed by atoms with Crippen LogP contribution in [0.25, 0.3) is 11.3 Å². The van der Waals surface area contributed by atoms with Gasteiger partial charge in [-0.05, 0) is 30.3 Å². The molecule has 0 aliphatic heterocycles. The minimum atomic E-state index is 0.837. The Morgan fingerprint density at radius 1 is 1.06 bits per heavy atom. The molecular weight excluding hydrogens is 214 g/mol. The number of rotatable bonds is 3. The Morgan fingerprint density at radius 3 is 2.35 bits per heavy atom. The third-order valence-corrected chi connectivity index (χ3v) is 2.54. The Kier molecular flexibility index (Phi) is 3.23. The third-order valence-electron chi connectivity index (χ3n) is 2.54. The molecule has 88 valence electrons. The highest BCUT2D eigenvalue weighted by Crippen LogP contribution is 2.27. The Bertz CT molecular complexity index is 494. The molecule has 0 fully saturated rings. The Morgan fingerprint density at radius 2 is 1.76 bits per heavy atom. The molecule has 4 heteroatoms. The van der Waals surface area contributed by atoms with Crippen LogP contribution >= 0.6 is 0 Å². The van der Waals surface area contributed by atoms with Crippen LogP contribution in [-0.2, 0) is 0 Å². The van der Waals surface area contributed by atoms with Crippen LogP contribution in [0.3, 0.4) is 0 Å². The molecule has 4 nitrogen and oxygen atoms in total. The van der Waals surface area contributed by atoms with E-state index in [1.807, 2.05) is 49.3 Å². The largest absolute Gasteiger partial charge is 0.497 e. The summed E-state index contributed by atoms with van der Waals surface area (Å²) in [6.45, 7) is 0. The second-order valence-electron chi connectivity index (χ2n) is 3.89. The molecule has 0 saturated heterocycles. The lowest BCUT2D eigenvalue weighted by molar-refractivity contribution is 0.415. The molecule has 0 unspecified atom stereocenters. The van der Waals surface area contributed by atoms with Crippen molar-refractivity contribution in [3.63, 3.8) is 0 Å². The fourth-order valence-electron chi connectivity index (χ4n) is 1.64. The van der Waals surface area contributed by atoms with Crippen molar-refractivity contribution < 1.29 is 4.74 Å². The van der Waals surface area contributed by atoms with Gasteiger partial charge >= 0.3 is 0 Å². The fraction of sp³-hybridized carbons (Fsp3) is 0.231. The summed E-state index contributed by atoms with van der Waals surface area (Å²) in [5.74, 6) is 0.837. The molecule has 0 atom stereocenters. The normalized spacial score (nSPS) is 10.1. The average Bonchev–Trinajstić information content (AvgIpc) is 2.39. The van der Waals surface area contributed by atoms with E-state index in [2.05, 4.69) is 10.2 Å². The Labute approximate surface area is 101 Å². The molecule has 0 radical (unpaired) electrons. The first-order chi connectivity index (χ1) is 8.22. The van der Waals surface area contributed by atoms with Crippen molar-refractivity contribution >= 4 is 5.69 Å². The van der Waals surface area contributed by atoms with E-state index in [1.54, 1.807) is 13.3 Å². The lowest BCUT2D eigenvalue weighted by atomic mass is 10.1. The lowest BCUT2D eigenvalue weighted by Gasteiger charge is -2.15. The minimum Gasteiger partial charge on any atom is -0.497 e. The van der Waals surface area contributed by atoms with Crippen LogP contribution < -0.4 is 9.64 Å². The summed E-state index contributed by atoms with van der Waals surface area (Å²) < 4.78 is 5.14. The number of anilines is 1. The van der Waals surface area contributed by atoms with Gasteiger partial charge in [-0.3, -0.25) is 0 Å². The highest BCUT2D eigenvalue weighted by atomic mass is 16.5. The molecule has 1 heterocycles. The molecular formula is C13H15N3O. The van der Waals surface area contributed by atoms with E-state index in [4.69, 9.17) is 4.74 Å². The van der Waals surface area contributed by atoms with E-state index in [0.717, 1.165) is 22.7 Å². The second kappa shape index (κ2) is 4.82. The summed E-state index contributed by atoms with van der Waals surface area (Å²) in [5, 5.41) is 8.13. The summed E-state index contributed by atoms with van der Waals surface area (Å²) in [7, 11) is 5.64. The molecule has 2 aromatic rings. The van der Waals surface area contributed by atoms with Gasteiger partial charge in [-0.1, -0.05) is 0 Å². The van der Waals surface area contributed by atoms with Gasteiger partial charge in [0.15, 0.2) is 0 Å². The third kappa shape index (κ3) is 2.36. The molecule has 0 amide bonds. The molecule has 0 N–H and O–H groups in total. The molecule has 0 aliphatic carbocycles. The van der Waals surface area contributed by atoms with Crippen LogP contribution in [0, 0.1) is 0 Å². The highest BCUT2D eigenvalue weighted by molar-refractivity contribution is 5.74. The zero-order chi connectivity index (χ0) is 12.3. The Balaban J connectivity index is 2.45. The van der Waals surface area contributed by atoms with Gasteiger partial charge in [-0.25, -0.2) is 0 Å². The standard InChI is InChI=1S/C13H15N3O/c1-16(2)12-8-9-14-15-13(12)10-4-6-11(17-3)7-5-10/h4-9H,1-3H3. The predicted molar refractivity (Wildman–Crippen MR) is 68.3 cm³/mol. The van der Waals surface area contributed by atoms with Crippen molar-refractivity contribution in [2.45, 2.75) is 0 Å². The van der Waals surface area contributed by atoms with Crippen LogP contribution in [-0.4, -0.2) is 31.4 Å². The van der Waals surface area contributed by atoms with Crippen molar-refractivity contribution in [1.82, 2.24) is 10.2 Å². The van der Waals surface area contributed by atoms with Crippen molar-refractivity contribution in [3.8, 4) is 17.0 Å². The maximum atomic E-state index is 5.14. The summed E-state index contributed by atoms with van der Waals surface area (Å²) in [5.41, 5.74) is 2.95. The smallest absolute Gasteiger partial charge is 0.118 e. The predicted octanol–water partition coefficient (Wildman–Crippen LogP) is 2.22. The van der Waals surface area contributed by atoms with E-state index in [0.29, 0.717) is 0 Å². The zero-order valence-corrected chi connectivity index (χ0v) is 10.2. The Hall–Kier alpha value is -2.10. The number of methoxy groups -OCH3 is 1. The maximum absolute atomic E-state index is 5.14.